The van der Waals surface area contributed by atoms with Crippen molar-refractivity contribution in [1.29, 1.82) is 0 Å². The summed E-state index contributed by atoms with van der Waals surface area (Å²) in [7, 11) is 1.47. The minimum Gasteiger partial charge on any atom is -0.496 e. The van der Waals surface area contributed by atoms with Gasteiger partial charge in [0.05, 0.1) is 34.3 Å². The summed E-state index contributed by atoms with van der Waals surface area (Å²) < 4.78 is 91.9. The second-order valence-corrected chi connectivity index (χ2v) is 15.7. The van der Waals surface area contributed by atoms with E-state index in [4.69, 9.17) is 9.72 Å². The maximum absolute atomic E-state index is 14.7. The largest absolute Gasteiger partial charge is 0.496 e. The Hall–Kier alpha value is -3.81. The van der Waals surface area contributed by atoms with Crippen molar-refractivity contribution in [2.24, 2.45) is 0 Å². The highest BCUT2D eigenvalue weighted by Crippen LogP contribution is 2.41. The summed E-state index contributed by atoms with van der Waals surface area (Å²) in [5, 5.41) is 2.65. The number of pyridine rings is 1. The number of thioether (sulfide) groups is 1. The van der Waals surface area contributed by atoms with Gasteiger partial charge in [-0.3, -0.25) is 9.69 Å². The van der Waals surface area contributed by atoms with Crippen LogP contribution in [0.2, 0.25) is 0 Å². The van der Waals surface area contributed by atoms with Crippen LogP contribution in [0.25, 0.3) is 22.2 Å². The van der Waals surface area contributed by atoms with Crippen LogP contribution >= 0.6 is 11.8 Å². The second-order valence-electron chi connectivity index (χ2n) is 14.0. The number of halogens is 6. The molecular weight excluding hydrogens is 715 g/mol. The molecule has 1 aromatic heterocycles. The van der Waals surface area contributed by atoms with Crippen LogP contribution in [-0.2, 0) is 12.7 Å². The molecule has 284 valence electrons. The molecule has 53 heavy (non-hydrogen) atoms. The second kappa shape index (κ2) is 16.3. The molecule has 2 fully saturated rings. The molecule has 3 aromatic carbocycles. The molecule has 0 bridgehead atoms. The molecule has 13 heteroatoms. The smallest absolute Gasteiger partial charge is 0.416 e. The van der Waals surface area contributed by atoms with E-state index in [-0.39, 0.29) is 50.6 Å². The van der Waals surface area contributed by atoms with Gasteiger partial charge in [-0.05, 0) is 75.6 Å². The summed E-state index contributed by atoms with van der Waals surface area (Å²) in [5.74, 6) is -0.573. The standard InChI is InChI=1S/C40H44F6N4O2S/c1-25(2)53-34-22-30-32(23-33(34)52-3)47-36(27-13-10-14-28(21-27)39(41,42)43)31(24-49-19-15-29(16-20-49)50-17-8-5-9-18-50)35(30)38(51)48-37(40(44,45)46)26-11-6-4-7-12-26/h4,6-7,10-14,21-23,25,29,37H,5,8-9,15-20,24H2,1-3H3,(H,48,51). The van der Waals surface area contributed by atoms with Gasteiger partial charge >= 0.3 is 12.4 Å². The predicted molar refractivity (Wildman–Crippen MR) is 196 cm³/mol. The van der Waals surface area contributed by atoms with E-state index in [0.29, 0.717) is 29.8 Å². The number of ether oxygens (including phenoxy) is 1. The van der Waals surface area contributed by atoms with Crippen molar-refractivity contribution in [3.05, 3.63) is 89.0 Å². The van der Waals surface area contributed by atoms with E-state index in [1.54, 1.807) is 18.2 Å². The van der Waals surface area contributed by atoms with Crippen LogP contribution in [0.15, 0.2) is 71.6 Å². The number of piperidine rings is 2. The molecule has 0 saturated carbocycles. The number of benzene rings is 3. The molecule has 1 unspecified atom stereocenters. The first-order valence-corrected chi connectivity index (χ1v) is 18.9. The fourth-order valence-corrected chi connectivity index (χ4v) is 8.42. The summed E-state index contributed by atoms with van der Waals surface area (Å²) in [6.07, 6.45) is -4.25. The lowest BCUT2D eigenvalue weighted by Gasteiger charge is -2.40. The fourth-order valence-electron chi connectivity index (χ4n) is 7.46. The Bertz CT molecular complexity index is 1890. The zero-order chi connectivity index (χ0) is 37.9. The molecule has 3 heterocycles. The number of fused-ring (bicyclic) bond motifs is 1. The van der Waals surface area contributed by atoms with Crippen molar-refractivity contribution in [2.75, 3.05) is 33.3 Å². The molecule has 1 atom stereocenters. The lowest BCUT2D eigenvalue weighted by atomic mass is 9.93. The van der Waals surface area contributed by atoms with Crippen LogP contribution in [0.5, 0.6) is 5.75 Å². The number of hydrogen-bond acceptors (Lipinski definition) is 6. The molecule has 2 saturated heterocycles. The average molecular weight is 759 g/mol. The number of likely N-dealkylation sites (tertiary alicyclic amines) is 2. The van der Waals surface area contributed by atoms with Crippen molar-refractivity contribution in [1.82, 2.24) is 20.1 Å². The number of amides is 1. The van der Waals surface area contributed by atoms with Gasteiger partial charge in [0.2, 0.25) is 0 Å². The zero-order valence-electron chi connectivity index (χ0n) is 30.0. The summed E-state index contributed by atoms with van der Waals surface area (Å²) in [6.45, 7) is 7.44. The van der Waals surface area contributed by atoms with Gasteiger partial charge in [0.25, 0.3) is 5.91 Å². The number of nitrogens with zero attached hydrogens (tertiary/aromatic N) is 3. The highest BCUT2D eigenvalue weighted by molar-refractivity contribution is 8.00. The molecule has 2 aliphatic heterocycles. The average Bonchev–Trinajstić information content (AvgIpc) is 3.13. The first-order chi connectivity index (χ1) is 25.2. The van der Waals surface area contributed by atoms with Gasteiger partial charge in [-0.15, -0.1) is 11.8 Å². The first kappa shape index (κ1) is 38.9. The Kier molecular flexibility index (Phi) is 11.9. The Morgan fingerprint density at radius 2 is 1.62 bits per heavy atom. The van der Waals surface area contributed by atoms with Gasteiger partial charge in [0.15, 0.2) is 6.04 Å². The Morgan fingerprint density at radius 1 is 0.925 bits per heavy atom. The van der Waals surface area contributed by atoms with Crippen molar-refractivity contribution >= 4 is 28.6 Å². The van der Waals surface area contributed by atoms with Gasteiger partial charge in [0, 0.05) is 40.4 Å². The third-order valence-electron chi connectivity index (χ3n) is 10.0. The number of methoxy groups -OCH3 is 1. The van der Waals surface area contributed by atoms with Crippen LogP contribution in [0, 0.1) is 0 Å². The van der Waals surface area contributed by atoms with E-state index < -0.39 is 29.9 Å². The van der Waals surface area contributed by atoms with Crippen molar-refractivity contribution in [3.8, 4) is 17.0 Å². The molecule has 2 aliphatic rings. The van der Waals surface area contributed by atoms with Gasteiger partial charge in [0.1, 0.15) is 5.75 Å². The lowest BCUT2D eigenvalue weighted by Crippen LogP contribution is -2.46. The Balaban J connectivity index is 1.54. The number of nitrogens with one attached hydrogen (secondary N) is 1. The van der Waals surface area contributed by atoms with Crippen molar-refractivity contribution in [3.63, 3.8) is 0 Å². The van der Waals surface area contributed by atoms with E-state index in [2.05, 4.69) is 15.1 Å². The minimum absolute atomic E-state index is 0.0565. The van der Waals surface area contributed by atoms with Gasteiger partial charge in [-0.25, -0.2) is 4.98 Å². The molecule has 1 amide bonds. The maximum Gasteiger partial charge on any atom is 0.416 e. The van der Waals surface area contributed by atoms with E-state index in [1.165, 1.54) is 61.7 Å². The topological polar surface area (TPSA) is 57.7 Å². The monoisotopic (exact) mass is 758 g/mol. The molecule has 0 radical (unpaired) electrons. The summed E-state index contributed by atoms with van der Waals surface area (Å²) in [4.78, 5) is 24.8. The van der Waals surface area contributed by atoms with Gasteiger partial charge in [-0.2, -0.15) is 26.3 Å². The van der Waals surface area contributed by atoms with E-state index in [0.717, 1.165) is 50.9 Å². The fraction of sp³-hybridized carbons (Fsp3) is 0.450. The van der Waals surface area contributed by atoms with Crippen molar-refractivity contribution in [2.45, 2.75) is 87.1 Å². The third-order valence-corrected chi connectivity index (χ3v) is 11.1. The Morgan fingerprint density at radius 3 is 2.25 bits per heavy atom. The maximum atomic E-state index is 14.7. The normalized spacial score (nSPS) is 17.3. The molecule has 6 nitrogen and oxygen atoms in total. The number of alkyl halides is 6. The molecule has 6 rings (SSSR count). The van der Waals surface area contributed by atoms with Crippen LogP contribution in [0.3, 0.4) is 0 Å². The number of aromatic nitrogens is 1. The van der Waals surface area contributed by atoms with Crippen LogP contribution in [0.1, 0.15) is 79.0 Å². The SMILES string of the molecule is COc1cc2nc(-c3cccc(C(F)(F)F)c3)c(CN3CCC(N4CCCCC4)CC3)c(C(=O)NC(c3ccccc3)C(F)(F)F)c2cc1SC(C)C. The molecule has 4 aromatic rings. The van der Waals surface area contributed by atoms with Crippen LogP contribution < -0.4 is 10.1 Å². The zero-order valence-corrected chi connectivity index (χ0v) is 30.8. The number of carbonyl (C=O) groups is 1. The predicted octanol–water partition coefficient (Wildman–Crippen LogP) is 9.91. The number of hydrogen-bond donors (Lipinski definition) is 1. The molecule has 0 aliphatic carbocycles. The molecule has 1 N–H and O–H groups in total. The van der Waals surface area contributed by atoms with Gasteiger partial charge < -0.3 is 15.0 Å². The van der Waals surface area contributed by atoms with Crippen LogP contribution in [-0.4, -0.2) is 71.4 Å². The van der Waals surface area contributed by atoms with E-state index >= 15 is 0 Å². The first-order valence-electron chi connectivity index (χ1n) is 18.0. The van der Waals surface area contributed by atoms with E-state index in [9.17, 15) is 31.1 Å². The minimum atomic E-state index is -4.85. The highest BCUT2D eigenvalue weighted by atomic mass is 32.2. The summed E-state index contributed by atoms with van der Waals surface area (Å²) in [5.41, 5.74) is -0.430. The van der Waals surface area contributed by atoms with Gasteiger partial charge in [-0.1, -0.05) is 62.7 Å². The molecule has 0 spiro atoms. The van der Waals surface area contributed by atoms with Crippen molar-refractivity contribution < 1.29 is 35.9 Å². The van der Waals surface area contributed by atoms with Crippen LogP contribution in [0.4, 0.5) is 26.3 Å². The summed E-state index contributed by atoms with van der Waals surface area (Å²) >= 11 is 1.46. The Labute approximate surface area is 310 Å². The quantitative estimate of drug-likeness (QED) is 0.128. The lowest BCUT2D eigenvalue weighted by molar-refractivity contribution is -0.155. The highest BCUT2D eigenvalue weighted by Gasteiger charge is 2.43. The number of carbonyl (C=O) groups excluding carboxylic acids is 1. The number of rotatable bonds is 10. The third kappa shape index (κ3) is 9.12. The van der Waals surface area contributed by atoms with E-state index in [1.807, 2.05) is 13.8 Å². The molecular formula is C40H44F6N4O2S. The summed E-state index contributed by atoms with van der Waals surface area (Å²) in [6, 6.07) is 13.2.